The average molecular weight is 249 g/mol. The van der Waals surface area contributed by atoms with E-state index in [9.17, 15) is 0 Å². The summed E-state index contributed by atoms with van der Waals surface area (Å²) in [4.78, 5) is 2.47. The quantitative estimate of drug-likeness (QED) is 0.475. The zero-order valence-corrected chi connectivity index (χ0v) is 11.1. The lowest BCUT2D eigenvalue weighted by Crippen LogP contribution is -2.37. The van der Waals surface area contributed by atoms with Crippen molar-refractivity contribution in [2.45, 2.75) is 6.42 Å². The second-order valence-corrected chi connectivity index (χ2v) is 5.31. The Morgan fingerprint density at radius 2 is 1.74 bits per heavy atom. The minimum Gasteiger partial charge on any atom is -0.371 e. The molecule has 0 atom stereocenters. The molecule has 4 rings (SSSR count). The highest BCUT2D eigenvalue weighted by Crippen LogP contribution is 2.30. The predicted octanol–water partition coefficient (Wildman–Crippen LogP) is 3.03. The van der Waals surface area contributed by atoms with E-state index in [4.69, 9.17) is 0 Å². The van der Waals surface area contributed by atoms with Crippen LogP contribution >= 0.6 is 0 Å². The Kier molecular flexibility index (Phi) is 2.25. The number of hydrogen-bond donors (Lipinski definition) is 0. The lowest BCUT2D eigenvalue weighted by molar-refractivity contribution is -0.617. The molecule has 2 aromatic carbocycles. The molecule has 0 bridgehead atoms. The second-order valence-electron chi connectivity index (χ2n) is 5.31. The molecule has 3 aromatic rings. The van der Waals surface area contributed by atoms with Crippen molar-refractivity contribution in [3.63, 3.8) is 0 Å². The molecule has 1 aliphatic heterocycles. The zero-order valence-electron chi connectivity index (χ0n) is 11.1. The van der Waals surface area contributed by atoms with Crippen molar-refractivity contribution in [3.8, 4) is 0 Å². The predicted molar refractivity (Wildman–Crippen MR) is 79.5 cm³/mol. The van der Waals surface area contributed by atoms with E-state index in [0.29, 0.717) is 0 Å². The van der Waals surface area contributed by atoms with E-state index in [1.807, 2.05) is 0 Å². The standard InChI is InChI=1S/C17H17N2/c1-18-15-7-3-2-6-13(15)12-14-16(18)8-4-9-17(14)19-10-5-11-19/h2-4,6-9,12H,5,10-11H2,1H3/q+1. The maximum atomic E-state index is 2.47. The summed E-state index contributed by atoms with van der Waals surface area (Å²) in [6, 6.07) is 17.6. The normalized spacial score (nSPS) is 14.9. The third-order valence-electron chi connectivity index (χ3n) is 4.22. The molecule has 0 aliphatic carbocycles. The zero-order chi connectivity index (χ0) is 12.8. The van der Waals surface area contributed by atoms with Crippen LogP contribution in [0.1, 0.15) is 6.42 Å². The van der Waals surface area contributed by atoms with Crippen molar-refractivity contribution < 1.29 is 4.57 Å². The first kappa shape index (κ1) is 10.8. The molecule has 2 heterocycles. The van der Waals surface area contributed by atoms with Crippen molar-refractivity contribution in [2.75, 3.05) is 18.0 Å². The number of hydrogen-bond acceptors (Lipinski definition) is 1. The van der Waals surface area contributed by atoms with Gasteiger partial charge in [0.05, 0.1) is 11.1 Å². The Morgan fingerprint density at radius 3 is 2.53 bits per heavy atom. The third-order valence-corrected chi connectivity index (χ3v) is 4.22. The Hall–Kier alpha value is -2.09. The molecule has 2 heteroatoms. The van der Waals surface area contributed by atoms with Gasteiger partial charge in [-0.1, -0.05) is 18.2 Å². The van der Waals surface area contributed by atoms with Crippen molar-refractivity contribution in [2.24, 2.45) is 7.05 Å². The molecule has 0 spiro atoms. The molecule has 0 radical (unpaired) electrons. The maximum Gasteiger partial charge on any atom is 0.214 e. The van der Waals surface area contributed by atoms with E-state index in [2.05, 4.69) is 65.0 Å². The van der Waals surface area contributed by atoms with E-state index >= 15 is 0 Å². The van der Waals surface area contributed by atoms with Gasteiger partial charge >= 0.3 is 0 Å². The fourth-order valence-electron chi connectivity index (χ4n) is 3.01. The average Bonchev–Trinajstić information content (AvgIpc) is 2.38. The number of rotatable bonds is 1. The molecule has 0 unspecified atom stereocenters. The van der Waals surface area contributed by atoms with Gasteiger partial charge in [0.2, 0.25) is 11.0 Å². The van der Waals surface area contributed by atoms with Crippen molar-refractivity contribution >= 4 is 27.5 Å². The number of para-hydroxylation sites is 1. The van der Waals surface area contributed by atoms with Crippen LogP contribution in [0.3, 0.4) is 0 Å². The first-order chi connectivity index (χ1) is 9.34. The maximum absolute atomic E-state index is 2.47. The summed E-state index contributed by atoms with van der Waals surface area (Å²) < 4.78 is 2.30. The van der Waals surface area contributed by atoms with Gasteiger partial charge in [0.15, 0.2) is 0 Å². The molecule has 1 fully saturated rings. The van der Waals surface area contributed by atoms with Crippen LogP contribution in [0.4, 0.5) is 5.69 Å². The van der Waals surface area contributed by atoms with Gasteiger partial charge in [-0.2, -0.15) is 4.57 Å². The Morgan fingerprint density at radius 1 is 0.947 bits per heavy atom. The molecule has 0 saturated carbocycles. The third kappa shape index (κ3) is 1.53. The first-order valence-electron chi connectivity index (χ1n) is 6.90. The lowest BCUT2D eigenvalue weighted by atomic mass is 10.1. The van der Waals surface area contributed by atoms with Gasteiger partial charge in [-0.05, 0) is 24.6 Å². The van der Waals surface area contributed by atoms with Crippen LogP contribution in [0.15, 0.2) is 48.5 Å². The van der Waals surface area contributed by atoms with Crippen LogP contribution in [0.5, 0.6) is 0 Å². The minimum absolute atomic E-state index is 1.19. The molecule has 1 saturated heterocycles. The molecular formula is C17H17N2+. The Balaban J connectivity index is 2.11. The van der Waals surface area contributed by atoms with Crippen LogP contribution in [0.25, 0.3) is 21.8 Å². The summed E-state index contributed by atoms with van der Waals surface area (Å²) in [5.41, 5.74) is 3.98. The molecule has 0 amide bonds. The van der Waals surface area contributed by atoms with Crippen LogP contribution in [-0.2, 0) is 7.05 Å². The molecule has 1 aromatic heterocycles. The van der Waals surface area contributed by atoms with Gasteiger partial charge in [-0.15, -0.1) is 0 Å². The van der Waals surface area contributed by atoms with Crippen LogP contribution in [-0.4, -0.2) is 13.1 Å². The fourth-order valence-corrected chi connectivity index (χ4v) is 3.01. The topological polar surface area (TPSA) is 7.12 Å². The summed E-state index contributed by atoms with van der Waals surface area (Å²) in [6.07, 6.45) is 1.32. The van der Waals surface area contributed by atoms with E-state index in [1.165, 1.54) is 47.0 Å². The number of aromatic nitrogens is 1. The first-order valence-corrected chi connectivity index (χ1v) is 6.90. The van der Waals surface area contributed by atoms with Gasteiger partial charge < -0.3 is 4.90 Å². The summed E-state index contributed by atoms with van der Waals surface area (Å²) in [5, 5.41) is 2.67. The van der Waals surface area contributed by atoms with Gasteiger partial charge in [0.1, 0.15) is 7.05 Å². The van der Waals surface area contributed by atoms with Crippen LogP contribution < -0.4 is 9.47 Å². The highest BCUT2D eigenvalue weighted by atomic mass is 15.2. The number of anilines is 1. The number of nitrogens with zero attached hydrogens (tertiary/aromatic N) is 2. The minimum atomic E-state index is 1.19. The molecule has 19 heavy (non-hydrogen) atoms. The van der Waals surface area contributed by atoms with E-state index in [0.717, 1.165) is 0 Å². The highest BCUT2D eigenvalue weighted by molar-refractivity contribution is 5.96. The Bertz CT molecular complexity index is 773. The summed E-state index contributed by atoms with van der Waals surface area (Å²) in [7, 11) is 2.16. The number of aryl methyl sites for hydroxylation is 1. The van der Waals surface area contributed by atoms with Crippen molar-refractivity contribution in [1.82, 2.24) is 0 Å². The summed E-state index contributed by atoms with van der Waals surface area (Å²) in [6.45, 7) is 2.38. The molecule has 2 nitrogen and oxygen atoms in total. The van der Waals surface area contributed by atoms with Crippen LogP contribution in [0, 0.1) is 0 Å². The monoisotopic (exact) mass is 249 g/mol. The van der Waals surface area contributed by atoms with Gasteiger partial charge in [-0.3, -0.25) is 0 Å². The lowest BCUT2D eigenvalue weighted by Gasteiger charge is -2.33. The summed E-state index contributed by atoms with van der Waals surface area (Å²) >= 11 is 0. The number of pyridine rings is 1. The van der Waals surface area contributed by atoms with Gasteiger partial charge in [-0.25, -0.2) is 0 Å². The number of benzene rings is 2. The van der Waals surface area contributed by atoms with E-state index < -0.39 is 0 Å². The van der Waals surface area contributed by atoms with E-state index in [-0.39, 0.29) is 0 Å². The summed E-state index contributed by atoms with van der Waals surface area (Å²) in [5.74, 6) is 0. The van der Waals surface area contributed by atoms with Crippen molar-refractivity contribution in [3.05, 3.63) is 48.5 Å². The number of fused-ring (bicyclic) bond motifs is 2. The largest absolute Gasteiger partial charge is 0.371 e. The van der Waals surface area contributed by atoms with Gasteiger partial charge in [0.25, 0.3) is 0 Å². The Labute approximate surface area is 112 Å². The molecule has 94 valence electrons. The smallest absolute Gasteiger partial charge is 0.214 e. The van der Waals surface area contributed by atoms with E-state index in [1.54, 1.807) is 0 Å². The molecule has 0 N–H and O–H groups in total. The van der Waals surface area contributed by atoms with Gasteiger partial charge in [0, 0.05) is 30.6 Å². The van der Waals surface area contributed by atoms with Crippen molar-refractivity contribution in [1.29, 1.82) is 0 Å². The second kappa shape index (κ2) is 3.95. The fraction of sp³-hybridized carbons (Fsp3) is 0.235. The molecule has 1 aliphatic rings. The SMILES string of the molecule is C[n+]1c2ccccc2cc2c(N3CCC3)cccc21. The van der Waals surface area contributed by atoms with Crippen LogP contribution in [0.2, 0.25) is 0 Å². The highest BCUT2D eigenvalue weighted by Gasteiger charge is 2.20. The molecular weight excluding hydrogens is 232 g/mol.